The van der Waals surface area contributed by atoms with Crippen molar-refractivity contribution in [3.8, 4) is 33.8 Å². The van der Waals surface area contributed by atoms with Crippen LogP contribution in [-0.4, -0.2) is 0 Å². The fourth-order valence-electron chi connectivity index (χ4n) is 3.64. The van der Waals surface area contributed by atoms with Gasteiger partial charge in [-0.25, -0.2) is 0 Å². The molecule has 5 aromatic rings. The molecule has 33 heavy (non-hydrogen) atoms. The molecule has 0 saturated heterocycles. The molecular formula is C30H22OS2. The molecule has 3 heteroatoms. The van der Waals surface area contributed by atoms with E-state index < -0.39 is 0 Å². The molecule has 0 bridgehead atoms. The molecule has 0 aliphatic rings. The van der Waals surface area contributed by atoms with Crippen molar-refractivity contribution < 1.29 is 4.74 Å². The Labute approximate surface area is 204 Å². The zero-order valence-electron chi connectivity index (χ0n) is 17.9. The van der Waals surface area contributed by atoms with Crippen LogP contribution in [0.25, 0.3) is 22.3 Å². The first-order valence-electron chi connectivity index (χ1n) is 10.7. The van der Waals surface area contributed by atoms with E-state index in [-0.39, 0.29) is 0 Å². The van der Waals surface area contributed by atoms with Gasteiger partial charge in [0, 0.05) is 14.7 Å². The first kappa shape index (κ1) is 21.4. The number of hydrogen-bond donors (Lipinski definition) is 1. The third kappa shape index (κ3) is 5.51. The van der Waals surface area contributed by atoms with Gasteiger partial charge in [0.1, 0.15) is 11.5 Å². The summed E-state index contributed by atoms with van der Waals surface area (Å²) in [7, 11) is 0. The molecule has 0 amide bonds. The SMILES string of the molecule is Sc1cc(Oc2ccc(-c3ccccc3)cc2)cc(Sc2ccc(-c3ccccc3)cc2)c1. The zero-order chi connectivity index (χ0) is 22.5. The van der Waals surface area contributed by atoms with E-state index in [2.05, 4.69) is 97.6 Å². The summed E-state index contributed by atoms with van der Waals surface area (Å²) in [5, 5.41) is 0. The third-order valence-electron chi connectivity index (χ3n) is 5.26. The second-order valence-electron chi connectivity index (χ2n) is 7.65. The number of rotatable bonds is 6. The quantitative estimate of drug-likeness (QED) is 0.252. The van der Waals surface area contributed by atoms with Crippen molar-refractivity contribution in [1.82, 2.24) is 0 Å². The minimum atomic E-state index is 0.776. The molecule has 0 spiro atoms. The van der Waals surface area contributed by atoms with Gasteiger partial charge in [0.05, 0.1) is 0 Å². The van der Waals surface area contributed by atoms with Gasteiger partial charge in [-0.05, 0) is 64.7 Å². The Morgan fingerprint density at radius 3 is 1.55 bits per heavy atom. The molecule has 0 aliphatic carbocycles. The fourth-order valence-corrected chi connectivity index (χ4v) is 4.90. The average molecular weight is 463 g/mol. The highest BCUT2D eigenvalue weighted by atomic mass is 32.2. The summed E-state index contributed by atoms with van der Waals surface area (Å²) >= 11 is 6.29. The second kappa shape index (κ2) is 10.0. The van der Waals surface area contributed by atoms with Gasteiger partial charge in [0.15, 0.2) is 0 Å². The molecule has 0 radical (unpaired) electrons. The smallest absolute Gasteiger partial charge is 0.129 e. The Balaban J connectivity index is 1.30. The molecule has 5 aromatic carbocycles. The van der Waals surface area contributed by atoms with Crippen LogP contribution < -0.4 is 4.74 Å². The maximum absolute atomic E-state index is 6.14. The van der Waals surface area contributed by atoms with Crippen molar-refractivity contribution in [2.75, 3.05) is 0 Å². The Hall–Kier alpha value is -3.40. The topological polar surface area (TPSA) is 9.23 Å². The minimum absolute atomic E-state index is 0.776. The van der Waals surface area contributed by atoms with Gasteiger partial charge < -0.3 is 4.74 Å². The lowest BCUT2D eigenvalue weighted by atomic mass is 10.1. The first-order valence-corrected chi connectivity index (χ1v) is 12.0. The summed E-state index contributed by atoms with van der Waals surface area (Å²) in [5.41, 5.74) is 4.80. The van der Waals surface area contributed by atoms with Gasteiger partial charge in [-0.3, -0.25) is 0 Å². The molecule has 160 valence electrons. The summed E-state index contributed by atoms with van der Waals surface area (Å²) < 4.78 is 6.14. The van der Waals surface area contributed by atoms with Crippen LogP contribution in [0.5, 0.6) is 11.5 Å². The van der Waals surface area contributed by atoms with E-state index >= 15 is 0 Å². The van der Waals surface area contributed by atoms with Crippen LogP contribution in [0.2, 0.25) is 0 Å². The molecular weight excluding hydrogens is 440 g/mol. The van der Waals surface area contributed by atoms with E-state index in [9.17, 15) is 0 Å². The van der Waals surface area contributed by atoms with Crippen LogP contribution in [0.15, 0.2) is 142 Å². The van der Waals surface area contributed by atoms with Crippen molar-refractivity contribution in [2.45, 2.75) is 14.7 Å². The highest BCUT2D eigenvalue weighted by molar-refractivity contribution is 7.99. The number of thiol groups is 1. The van der Waals surface area contributed by atoms with E-state index in [0.717, 1.165) is 21.3 Å². The normalized spacial score (nSPS) is 10.7. The number of hydrogen-bond acceptors (Lipinski definition) is 3. The third-order valence-corrected chi connectivity index (χ3v) is 6.50. The Morgan fingerprint density at radius 1 is 0.455 bits per heavy atom. The molecule has 1 nitrogen and oxygen atoms in total. The van der Waals surface area contributed by atoms with Gasteiger partial charge in [0.25, 0.3) is 0 Å². The van der Waals surface area contributed by atoms with E-state index in [1.165, 1.54) is 27.1 Å². The highest BCUT2D eigenvalue weighted by Crippen LogP contribution is 2.35. The minimum Gasteiger partial charge on any atom is -0.457 e. The van der Waals surface area contributed by atoms with E-state index in [1.807, 2.05) is 42.5 Å². The Bertz CT molecular complexity index is 1230. The predicted octanol–water partition coefficient (Wildman–Crippen LogP) is 9.25. The van der Waals surface area contributed by atoms with Crippen molar-refractivity contribution >= 4 is 24.4 Å². The van der Waals surface area contributed by atoms with Crippen LogP contribution in [-0.2, 0) is 0 Å². The van der Waals surface area contributed by atoms with Crippen LogP contribution in [0.1, 0.15) is 0 Å². The average Bonchev–Trinajstić information content (AvgIpc) is 2.86. The summed E-state index contributed by atoms with van der Waals surface area (Å²) in [6, 6.07) is 43.6. The molecule has 0 aromatic heterocycles. The van der Waals surface area contributed by atoms with Crippen molar-refractivity contribution in [3.63, 3.8) is 0 Å². The first-order chi connectivity index (χ1) is 16.2. The maximum atomic E-state index is 6.14. The molecule has 0 fully saturated rings. The molecule has 0 unspecified atom stereocenters. The largest absolute Gasteiger partial charge is 0.457 e. The molecule has 0 saturated carbocycles. The highest BCUT2D eigenvalue weighted by Gasteiger charge is 2.06. The van der Waals surface area contributed by atoms with Crippen LogP contribution >= 0.6 is 24.4 Å². The molecule has 5 rings (SSSR count). The fraction of sp³-hybridized carbons (Fsp3) is 0. The van der Waals surface area contributed by atoms with Gasteiger partial charge in [-0.15, -0.1) is 12.6 Å². The summed E-state index contributed by atoms with van der Waals surface area (Å²) in [5.74, 6) is 1.58. The lowest BCUT2D eigenvalue weighted by Crippen LogP contribution is -1.86. The van der Waals surface area contributed by atoms with E-state index in [1.54, 1.807) is 11.8 Å². The van der Waals surface area contributed by atoms with E-state index in [0.29, 0.717) is 0 Å². The van der Waals surface area contributed by atoms with Gasteiger partial charge in [-0.1, -0.05) is 96.7 Å². The Kier molecular flexibility index (Phi) is 6.52. The van der Waals surface area contributed by atoms with Crippen molar-refractivity contribution in [2.24, 2.45) is 0 Å². The standard InChI is InChI=1S/C30H22OS2/c32-28-19-27(31-26-15-11-24(12-16-26)22-7-3-1-4-8-22)20-30(21-28)33-29-17-13-25(14-18-29)23-9-5-2-6-10-23/h1-21,32H. The van der Waals surface area contributed by atoms with Crippen molar-refractivity contribution in [1.29, 1.82) is 0 Å². The Morgan fingerprint density at radius 2 is 0.970 bits per heavy atom. The lowest BCUT2D eigenvalue weighted by Gasteiger charge is -2.10. The van der Waals surface area contributed by atoms with Gasteiger partial charge in [0.2, 0.25) is 0 Å². The summed E-state index contributed by atoms with van der Waals surface area (Å²) in [6.45, 7) is 0. The number of benzene rings is 5. The number of ether oxygens (including phenoxy) is 1. The molecule has 0 aliphatic heterocycles. The maximum Gasteiger partial charge on any atom is 0.129 e. The van der Waals surface area contributed by atoms with Crippen LogP contribution in [0, 0.1) is 0 Å². The van der Waals surface area contributed by atoms with Crippen LogP contribution in [0.4, 0.5) is 0 Å². The lowest BCUT2D eigenvalue weighted by molar-refractivity contribution is 0.480. The van der Waals surface area contributed by atoms with Gasteiger partial charge in [-0.2, -0.15) is 0 Å². The predicted molar refractivity (Wildman–Crippen MR) is 142 cm³/mol. The molecule has 0 atom stereocenters. The monoisotopic (exact) mass is 462 g/mol. The van der Waals surface area contributed by atoms with Gasteiger partial charge >= 0.3 is 0 Å². The molecule has 0 N–H and O–H groups in total. The summed E-state index contributed by atoms with van der Waals surface area (Å²) in [6.07, 6.45) is 0. The van der Waals surface area contributed by atoms with E-state index in [4.69, 9.17) is 4.74 Å². The molecule has 0 heterocycles. The summed E-state index contributed by atoms with van der Waals surface area (Å²) in [4.78, 5) is 3.13. The van der Waals surface area contributed by atoms with Crippen LogP contribution in [0.3, 0.4) is 0 Å². The zero-order valence-corrected chi connectivity index (χ0v) is 19.6. The van der Waals surface area contributed by atoms with Crippen molar-refractivity contribution in [3.05, 3.63) is 127 Å². The second-order valence-corrected chi connectivity index (χ2v) is 9.31.